The summed E-state index contributed by atoms with van der Waals surface area (Å²) >= 11 is 3.33. The summed E-state index contributed by atoms with van der Waals surface area (Å²) in [6.07, 6.45) is 0. The Bertz CT molecular complexity index is 174. The molecule has 0 unspecified atom stereocenters. The third-order valence-corrected chi connectivity index (χ3v) is 1.93. The third-order valence-electron chi connectivity index (χ3n) is 1.28. The van der Waals surface area contributed by atoms with Crippen LogP contribution < -0.4 is 5.46 Å². The molecule has 1 N–H and O–H groups in total. The Hall–Kier alpha value is -0.275. The van der Waals surface area contributed by atoms with Gasteiger partial charge in [-0.3, -0.25) is 0 Å². The molecule has 1 aromatic carbocycles. The lowest BCUT2D eigenvalue weighted by Gasteiger charge is -1.95. The van der Waals surface area contributed by atoms with Gasteiger partial charge in [-0.15, -0.1) is 0 Å². The number of alkyl halides is 1. The zero-order chi connectivity index (χ0) is 7.40. The summed E-state index contributed by atoms with van der Waals surface area (Å²) in [5.41, 5.74) is 2.05. The predicted molar refractivity (Wildman–Crippen MR) is 46.7 cm³/mol. The van der Waals surface area contributed by atoms with Crippen molar-refractivity contribution in [1.29, 1.82) is 0 Å². The van der Waals surface area contributed by atoms with Crippen LogP contribution in [0.3, 0.4) is 0 Å². The van der Waals surface area contributed by atoms with Crippen LogP contribution in [0.15, 0.2) is 24.3 Å². The average Bonchev–Trinajstić information content (AvgIpc) is 2.05. The van der Waals surface area contributed by atoms with Crippen LogP contribution in [0.1, 0.15) is 5.56 Å². The molecule has 0 heterocycles. The third kappa shape index (κ3) is 1.85. The fraction of sp³-hybridized carbons (Fsp3) is 0.143. The van der Waals surface area contributed by atoms with Crippen molar-refractivity contribution in [2.45, 2.75) is 5.33 Å². The zero-order valence-corrected chi connectivity index (χ0v) is 7.01. The highest BCUT2D eigenvalue weighted by molar-refractivity contribution is 9.08. The molecular weight excluding hydrogens is 191 g/mol. The normalized spacial score (nSPS) is 9.40. The molecule has 1 nitrogen and oxygen atoms in total. The van der Waals surface area contributed by atoms with E-state index in [9.17, 15) is 0 Å². The number of benzene rings is 1. The number of hydrogen-bond acceptors (Lipinski definition) is 1. The molecule has 0 aliphatic carbocycles. The quantitative estimate of drug-likeness (QED) is 0.550. The zero-order valence-electron chi connectivity index (χ0n) is 5.42. The molecule has 0 atom stereocenters. The van der Waals surface area contributed by atoms with Crippen molar-refractivity contribution >= 4 is 28.9 Å². The lowest BCUT2D eigenvalue weighted by Crippen LogP contribution is -2.12. The van der Waals surface area contributed by atoms with Gasteiger partial charge in [-0.05, 0) is 5.56 Å². The molecule has 0 aromatic heterocycles. The summed E-state index contributed by atoms with van der Waals surface area (Å²) in [5, 5.41) is 9.42. The molecule has 0 spiro atoms. The second kappa shape index (κ2) is 3.79. The van der Waals surface area contributed by atoms with Gasteiger partial charge in [0.1, 0.15) is 0 Å². The van der Waals surface area contributed by atoms with Crippen molar-refractivity contribution in [2.75, 3.05) is 0 Å². The minimum atomic E-state index is 0.838. The molecule has 0 aliphatic rings. The van der Waals surface area contributed by atoms with E-state index in [4.69, 9.17) is 5.02 Å². The van der Waals surface area contributed by atoms with Gasteiger partial charge in [0, 0.05) is 5.33 Å². The Morgan fingerprint density at radius 3 is 2.30 bits per heavy atom. The van der Waals surface area contributed by atoms with E-state index in [0.717, 1.165) is 18.3 Å². The molecule has 1 rings (SSSR count). The van der Waals surface area contributed by atoms with Crippen molar-refractivity contribution in [1.82, 2.24) is 0 Å². The molecular formula is C7H7BBrO. The first-order valence-corrected chi connectivity index (χ1v) is 4.11. The van der Waals surface area contributed by atoms with E-state index in [1.165, 1.54) is 5.56 Å². The minimum absolute atomic E-state index is 0.838. The first kappa shape index (κ1) is 7.83. The van der Waals surface area contributed by atoms with Crippen molar-refractivity contribution in [3.8, 4) is 0 Å². The van der Waals surface area contributed by atoms with Gasteiger partial charge in [0.05, 0.1) is 0 Å². The molecule has 0 amide bonds. The van der Waals surface area contributed by atoms with E-state index in [1.807, 2.05) is 24.3 Å². The standard InChI is InChI=1S/C7H7BBrO/c9-5-6-1-3-7(8-10)4-2-6/h1-4,10H,5H2. The summed E-state index contributed by atoms with van der Waals surface area (Å²) in [6, 6.07) is 7.68. The summed E-state index contributed by atoms with van der Waals surface area (Å²) in [5.74, 6) is 0. The SMILES string of the molecule is O[B]c1ccc(CBr)cc1. The maximum absolute atomic E-state index is 8.56. The van der Waals surface area contributed by atoms with Crippen LogP contribution in [0.4, 0.5) is 0 Å². The van der Waals surface area contributed by atoms with Crippen molar-refractivity contribution in [3.05, 3.63) is 29.8 Å². The molecule has 0 fully saturated rings. The van der Waals surface area contributed by atoms with Gasteiger partial charge in [-0.2, -0.15) is 0 Å². The van der Waals surface area contributed by atoms with Crippen LogP contribution in [-0.4, -0.2) is 12.5 Å². The Kier molecular flexibility index (Phi) is 2.96. The largest absolute Gasteiger partial charge is 0.450 e. The summed E-state index contributed by atoms with van der Waals surface area (Å²) in [4.78, 5) is 0. The second-order valence-electron chi connectivity index (χ2n) is 2.00. The first-order valence-electron chi connectivity index (χ1n) is 2.99. The molecule has 0 aliphatic heterocycles. The highest BCUT2D eigenvalue weighted by atomic mass is 79.9. The van der Waals surface area contributed by atoms with Gasteiger partial charge in [0.2, 0.25) is 0 Å². The van der Waals surface area contributed by atoms with Crippen LogP contribution in [0.5, 0.6) is 0 Å². The molecule has 10 heavy (non-hydrogen) atoms. The van der Waals surface area contributed by atoms with E-state index in [1.54, 1.807) is 0 Å². The highest BCUT2D eigenvalue weighted by Crippen LogP contribution is 2.01. The number of halogens is 1. The second-order valence-corrected chi connectivity index (χ2v) is 2.57. The van der Waals surface area contributed by atoms with E-state index in [0.29, 0.717) is 0 Å². The molecule has 0 saturated carbocycles. The van der Waals surface area contributed by atoms with Crippen molar-refractivity contribution in [3.63, 3.8) is 0 Å². The van der Waals surface area contributed by atoms with E-state index in [2.05, 4.69) is 15.9 Å². The smallest absolute Gasteiger partial charge is 0.326 e. The van der Waals surface area contributed by atoms with Crippen LogP contribution in [0.2, 0.25) is 0 Å². The van der Waals surface area contributed by atoms with Crippen LogP contribution in [0, 0.1) is 0 Å². The van der Waals surface area contributed by atoms with Gasteiger partial charge >= 0.3 is 7.48 Å². The van der Waals surface area contributed by atoms with E-state index >= 15 is 0 Å². The van der Waals surface area contributed by atoms with Gasteiger partial charge in [0.25, 0.3) is 0 Å². The monoisotopic (exact) mass is 197 g/mol. The fourth-order valence-electron chi connectivity index (χ4n) is 0.693. The Labute approximate surface area is 69.5 Å². The van der Waals surface area contributed by atoms with Gasteiger partial charge < -0.3 is 5.02 Å². The highest BCUT2D eigenvalue weighted by Gasteiger charge is 1.91. The summed E-state index contributed by atoms with van der Waals surface area (Å²) in [6.45, 7) is 0. The fourth-order valence-corrected chi connectivity index (χ4v) is 1.07. The first-order chi connectivity index (χ1) is 4.86. The maximum Gasteiger partial charge on any atom is 0.326 e. The Morgan fingerprint density at radius 2 is 1.90 bits per heavy atom. The average molecular weight is 198 g/mol. The molecule has 3 heteroatoms. The lowest BCUT2D eigenvalue weighted by molar-refractivity contribution is 0.615. The van der Waals surface area contributed by atoms with Crippen LogP contribution >= 0.6 is 15.9 Å². The van der Waals surface area contributed by atoms with E-state index < -0.39 is 0 Å². The van der Waals surface area contributed by atoms with Crippen molar-refractivity contribution in [2.24, 2.45) is 0 Å². The van der Waals surface area contributed by atoms with Gasteiger partial charge in [-0.1, -0.05) is 45.7 Å². The topological polar surface area (TPSA) is 20.2 Å². The minimum Gasteiger partial charge on any atom is -0.450 e. The Balaban J connectivity index is 2.80. The predicted octanol–water partition coefficient (Wildman–Crippen LogP) is 0.818. The molecule has 0 saturated heterocycles. The van der Waals surface area contributed by atoms with Crippen LogP contribution in [-0.2, 0) is 5.33 Å². The summed E-state index contributed by atoms with van der Waals surface area (Å²) < 4.78 is 0. The van der Waals surface area contributed by atoms with E-state index in [-0.39, 0.29) is 0 Å². The molecule has 0 bridgehead atoms. The van der Waals surface area contributed by atoms with Gasteiger partial charge in [0.15, 0.2) is 0 Å². The van der Waals surface area contributed by atoms with Gasteiger partial charge in [-0.25, -0.2) is 0 Å². The van der Waals surface area contributed by atoms with Crippen molar-refractivity contribution < 1.29 is 5.02 Å². The lowest BCUT2D eigenvalue weighted by atomic mass is 9.88. The maximum atomic E-state index is 8.56. The Morgan fingerprint density at radius 1 is 1.30 bits per heavy atom. The molecule has 1 aromatic rings. The number of rotatable bonds is 2. The molecule has 51 valence electrons. The van der Waals surface area contributed by atoms with Crippen LogP contribution in [0.25, 0.3) is 0 Å². The molecule has 1 radical (unpaired) electrons. The number of hydrogen-bond donors (Lipinski definition) is 1. The summed E-state index contributed by atoms with van der Waals surface area (Å²) in [7, 11) is 1.10.